The van der Waals surface area contributed by atoms with Crippen molar-refractivity contribution < 1.29 is 8.95 Å². The van der Waals surface area contributed by atoms with Gasteiger partial charge in [-0.3, -0.25) is 14.0 Å². The Morgan fingerprint density at radius 1 is 0.875 bits per heavy atom. The summed E-state index contributed by atoms with van der Waals surface area (Å²) in [6.07, 6.45) is 2.53. The highest BCUT2D eigenvalue weighted by Crippen LogP contribution is 2.35. The molecule has 0 spiro atoms. The van der Waals surface area contributed by atoms with Crippen LogP contribution in [0.4, 0.5) is 0 Å². The van der Waals surface area contributed by atoms with Crippen LogP contribution in [0.1, 0.15) is 12.8 Å². The average molecular weight is 375 g/mol. The summed E-state index contributed by atoms with van der Waals surface area (Å²) in [6, 6.07) is 0. The first kappa shape index (κ1) is 17.7. The molecule has 6 nitrogen and oxygen atoms in total. The van der Waals surface area contributed by atoms with Gasteiger partial charge in [0.05, 0.1) is 19.0 Å². The van der Waals surface area contributed by atoms with Gasteiger partial charge in [0.25, 0.3) is 0 Å². The third-order valence-electron chi connectivity index (χ3n) is 5.76. The number of morpholine rings is 1. The molecular formula is C16H30N4O2S2. The van der Waals surface area contributed by atoms with Crippen LogP contribution in [0.15, 0.2) is 0 Å². The predicted molar refractivity (Wildman–Crippen MR) is 99.4 cm³/mol. The van der Waals surface area contributed by atoms with E-state index in [9.17, 15) is 4.21 Å². The molecule has 0 aromatic carbocycles. The van der Waals surface area contributed by atoms with Gasteiger partial charge in [-0.25, -0.2) is 10.0 Å². The largest absolute Gasteiger partial charge is 0.379 e. The normalized spacial score (nSPS) is 38.6. The molecule has 2 atom stereocenters. The Morgan fingerprint density at radius 2 is 1.54 bits per heavy atom. The van der Waals surface area contributed by atoms with Crippen LogP contribution < -0.4 is 0 Å². The first-order valence-corrected chi connectivity index (χ1v) is 12.0. The summed E-state index contributed by atoms with van der Waals surface area (Å²) in [4.78, 5) is 5.22. The summed E-state index contributed by atoms with van der Waals surface area (Å²) in [5.41, 5.74) is 0. The van der Waals surface area contributed by atoms with Gasteiger partial charge in [-0.05, 0) is 12.8 Å². The van der Waals surface area contributed by atoms with E-state index in [1.54, 1.807) is 0 Å². The zero-order chi connectivity index (χ0) is 16.4. The minimum absolute atomic E-state index is 0.189. The lowest BCUT2D eigenvalue weighted by molar-refractivity contribution is -0.243. The molecule has 0 aliphatic carbocycles. The Labute approximate surface area is 152 Å². The molecule has 0 amide bonds. The molecule has 4 rings (SSSR count). The molecule has 4 fully saturated rings. The molecular weight excluding hydrogens is 344 g/mol. The van der Waals surface area contributed by atoms with Crippen molar-refractivity contribution in [2.45, 2.75) is 18.6 Å². The highest BCUT2D eigenvalue weighted by molar-refractivity contribution is 7.99. The molecule has 138 valence electrons. The molecule has 8 heteroatoms. The van der Waals surface area contributed by atoms with Gasteiger partial charge in [-0.15, -0.1) is 0 Å². The van der Waals surface area contributed by atoms with Crippen LogP contribution in [0.2, 0.25) is 0 Å². The molecule has 0 N–H and O–H groups in total. The van der Waals surface area contributed by atoms with Crippen LogP contribution in [0.25, 0.3) is 0 Å². The minimum atomic E-state index is -0.730. The molecule has 4 saturated heterocycles. The van der Waals surface area contributed by atoms with Crippen molar-refractivity contribution in [3.63, 3.8) is 0 Å². The number of hydrogen-bond donors (Lipinski definition) is 0. The number of rotatable bonds is 3. The van der Waals surface area contributed by atoms with Crippen LogP contribution in [0.3, 0.4) is 0 Å². The van der Waals surface area contributed by atoms with Gasteiger partial charge in [0, 0.05) is 73.9 Å². The molecule has 2 unspecified atom stereocenters. The summed E-state index contributed by atoms with van der Waals surface area (Å²) in [5, 5.41) is 5.19. The van der Waals surface area contributed by atoms with Crippen LogP contribution in [-0.2, 0) is 15.5 Å². The van der Waals surface area contributed by atoms with Gasteiger partial charge in [0.2, 0.25) is 0 Å². The second-order valence-corrected chi connectivity index (χ2v) is 9.85. The second kappa shape index (κ2) is 7.90. The Kier molecular flexibility index (Phi) is 5.83. The fourth-order valence-electron chi connectivity index (χ4n) is 4.60. The number of hydrogen-bond acceptors (Lipinski definition) is 7. The Morgan fingerprint density at radius 3 is 2.25 bits per heavy atom. The standard InChI is InChI=1S/C16H30N4O2S2/c21-24-14-9-20(19-7-12-23-13-8-19)16(15-24,17-3-1-2-4-17)18-5-10-22-11-6-18/h1-15H2. The topological polar surface area (TPSA) is 39.3 Å². The summed E-state index contributed by atoms with van der Waals surface area (Å²) in [5.74, 6) is 3.79. The van der Waals surface area contributed by atoms with Gasteiger partial charge in [0.1, 0.15) is 0 Å². The van der Waals surface area contributed by atoms with E-state index in [1.165, 1.54) is 24.3 Å². The molecule has 4 aliphatic rings. The third kappa shape index (κ3) is 3.31. The highest BCUT2D eigenvalue weighted by Gasteiger charge is 2.53. The number of thioether (sulfide) groups is 1. The van der Waals surface area contributed by atoms with E-state index in [4.69, 9.17) is 4.74 Å². The van der Waals surface area contributed by atoms with Crippen LogP contribution in [-0.4, -0.2) is 112 Å². The lowest BCUT2D eigenvalue weighted by Crippen LogP contribution is -2.78. The second-order valence-electron chi connectivity index (χ2n) is 7.05. The van der Waals surface area contributed by atoms with E-state index in [2.05, 4.69) is 31.6 Å². The Bertz CT molecular complexity index is 451. The van der Waals surface area contributed by atoms with Crippen LogP contribution in [0.5, 0.6) is 0 Å². The summed E-state index contributed by atoms with van der Waals surface area (Å²) < 4.78 is 18.3. The molecule has 0 bridgehead atoms. The van der Waals surface area contributed by atoms with Crippen molar-refractivity contribution >= 4 is 22.6 Å². The zero-order valence-electron chi connectivity index (χ0n) is 14.5. The molecule has 0 aromatic heterocycles. The lowest BCUT2D eigenvalue weighted by Gasteiger charge is -2.60. The van der Waals surface area contributed by atoms with Gasteiger partial charge < -0.3 is 4.74 Å². The highest BCUT2D eigenvalue weighted by atomic mass is 32.2. The smallest absolute Gasteiger partial charge is 0.156 e. The van der Waals surface area contributed by atoms with E-state index < -0.39 is 10.8 Å². The zero-order valence-corrected chi connectivity index (χ0v) is 16.2. The van der Waals surface area contributed by atoms with Crippen LogP contribution in [0, 0.1) is 0 Å². The number of nitrogens with zero attached hydrogens (tertiary/aromatic N) is 4. The molecule has 0 radical (unpaired) electrons. The van der Waals surface area contributed by atoms with Gasteiger partial charge in [-0.2, -0.15) is 11.8 Å². The van der Waals surface area contributed by atoms with Gasteiger partial charge in [0.15, 0.2) is 5.79 Å². The number of ether oxygens (including phenoxy) is 1. The van der Waals surface area contributed by atoms with E-state index in [0.29, 0.717) is 0 Å². The van der Waals surface area contributed by atoms with Crippen molar-refractivity contribution in [1.29, 1.82) is 0 Å². The lowest BCUT2D eigenvalue weighted by atomic mass is 10.2. The molecule has 4 heterocycles. The molecule has 4 aliphatic heterocycles. The molecule has 0 aromatic rings. The Balaban J connectivity index is 1.68. The average Bonchev–Trinajstić information content (AvgIpc) is 3.18. The minimum Gasteiger partial charge on any atom is -0.379 e. The summed E-state index contributed by atoms with van der Waals surface area (Å²) in [7, 11) is -0.730. The van der Waals surface area contributed by atoms with Crippen molar-refractivity contribution in [3.8, 4) is 0 Å². The van der Waals surface area contributed by atoms with E-state index in [-0.39, 0.29) is 5.79 Å². The predicted octanol–water partition coefficient (Wildman–Crippen LogP) is 0.0963. The number of likely N-dealkylation sites (tertiary alicyclic amines) is 1. The molecule has 24 heavy (non-hydrogen) atoms. The van der Waals surface area contributed by atoms with E-state index in [0.717, 1.165) is 70.5 Å². The maximum absolute atomic E-state index is 12.7. The molecule has 0 saturated carbocycles. The van der Waals surface area contributed by atoms with Gasteiger partial charge in [-0.1, -0.05) is 0 Å². The van der Waals surface area contributed by atoms with Crippen molar-refractivity contribution in [1.82, 2.24) is 19.8 Å². The van der Waals surface area contributed by atoms with Gasteiger partial charge >= 0.3 is 0 Å². The quantitative estimate of drug-likeness (QED) is 0.694. The fraction of sp³-hybridized carbons (Fsp3) is 1.00. The monoisotopic (exact) mass is 374 g/mol. The van der Waals surface area contributed by atoms with Crippen molar-refractivity contribution in [3.05, 3.63) is 0 Å². The summed E-state index contributed by atoms with van der Waals surface area (Å²) >= 11 is 2.06. The van der Waals surface area contributed by atoms with E-state index in [1.807, 2.05) is 0 Å². The summed E-state index contributed by atoms with van der Waals surface area (Å²) in [6.45, 7) is 8.93. The first-order chi connectivity index (χ1) is 11.8. The first-order valence-electron chi connectivity index (χ1n) is 9.34. The SMILES string of the molecule is O=S1CCN(N2CCSCC2)C(N2CCCC2)(N2CCOCC2)C1. The third-order valence-corrected chi connectivity index (χ3v) is 8.05. The Hall–Kier alpha value is 0.300. The fourth-order valence-corrected chi connectivity index (χ4v) is 6.95. The number of hydrazine groups is 1. The van der Waals surface area contributed by atoms with Crippen molar-refractivity contribution in [2.24, 2.45) is 0 Å². The van der Waals surface area contributed by atoms with E-state index >= 15 is 0 Å². The maximum Gasteiger partial charge on any atom is 0.156 e. The van der Waals surface area contributed by atoms with Crippen LogP contribution >= 0.6 is 11.8 Å². The maximum atomic E-state index is 12.7. The van der Waals surface area contributed by atoms with Crippen molar-refractivity contribution in [2.75, 3.05) is 82.0 Å².